The maximum atomic E-state index is 13.2. The lowest BCUT2D eigenvalue weighted by Crippen LogP contribution is -2.34. The van der Waals surface area contributed by atoms with Crippen molar-refractivity contribution in [1.82, 2.24) is 9.88 Å². The predicted molar refractivity (Wildman–Crippen MR) is 114 cm³/mol. The highest BCUT2D eigenvalue weighted by atomic mass is 16.5. The monoisotopic (exact) mass is 394 g/mol. The minimum Gasteiger partial charge on any atom is -0.497 e. The minimum atomic E-state index is -0.497. The number of rotatable bonds is 7. The second-order valence-electron chi connectivity index (χ2n) is 6.97. The molecule has 3 aromatic rings. The van der Waals surface area contributed by atoms with Crippen molar-refractivity contribution in [3.8, 4) is 16.9 Å². The Kier molecular flexibility index (Phi) is 6.34. The Morgan fingerprint density at radius 2 is 1.93 bits per heavy atom. The van der Waals surface area contributed by atoms with Crippen molar-refractivity contribution in [3.63, 3.8) is 0 Å². The molecule has 0 spiro atoms. The number of pyridine rings is 1. The molecule has 0 bridgehead atoms. The van der Waals surface area contributed by atoms with Crippen LogP contribution < -0.4 is 15.5 Å². The summed E-state index contributed by atoms with van der Waals surface area (Å²) in [5.41, 5.74) is 2.94. The normalized spacial score (nSPS) is 12.0. The van der Waals surface area contributed by atoms with Crippen molar-refractivity contribution in [2.24, 2.45) is 0 Å². The van der Waals surface area contributed by atoms with Gasteiger partial charge in [-0.25, -0.2) is 0 Å². The van der Waals surface area contributed by atoms with Crippen molar-refractivity contribution < 1.29 is 14.6 Å². The summed E-state index contributed by atoms with van der Waals surface area (Å²) >= 11 is 0. The fourth-order valence-electron chi connectivity index (χ4n) is 3.50. The van der Waals surface area contributed by atoms with Crippen LogP contribution in [0, 0.1) is 6.92 Å². The molecule has 1 aromatic heterocycles. The summed E-state index contributed by atoms with van der Waals surface area (Å²) in [5, 5.41) is 12.4. The van der Waals surface area contributed by atoms with E-state index in [9.17, 15) is 9.59 Å². The lowest BCUT2D eigenvalue weighted by Gasteiger charge is -2.22. The Bertz CT molecular complexity index is 1070. The number of hydrogen-bond donors (Lipinski definition) is 2. The van der Waals surface area contributed by atoms with E-state index in [4.69, 9.17) is 9.84 Å². The summed E-state index contributed by atoms with van der Waals surface area (Å²) in [6.07, 6.45) is 2.31. The molecule has 0 fully saturated rings. The highest BCUT2D eigenvalue weighted by Crippen LogP contribution is 2.26. The Morgan fingerprint density at radius 1 is 1.21 bits per heavy atom. The number of nitrogens with one attached hydrogen (secondary N) is 1. The zero-order valence-corrected chi connectivity index (χ0v) is 16.9. The number of hydrogen-bond acceptors (Lipinski definition) is 4. The van der Waals surface area contributed by atoms with Crippen LogP contribution in [0.3, 0.4) is 0 Å². The van der Waals surface area contributed by atoms with Crippen molar-refractivity contribution in [1.29, 1.82) is 0 Å². The Hall–Kier alpha value is -3.12. The number of benzene rings is 2. The zero-order chi connectivity index (χ0) is 21.0. The highest BCUT2D eigenvalue weighted by Gasteiger charge is 2.21. The molecule has 0 aliphatic rings. The van der Waals surface area contributed by atoms with Gasteiger partial charge in [0.1, 0.15) is 11.8 Å². The van der Waals surface area contributed by atoms with Crippen molar-refractivity contribution in [2.75, 3.05) is 20.3 Å². The summed E-state index contributed by atoms with van der Waals surface area (Å²) in [6.45, 7) is 3.95. The first-order valence-corrected chi connectivity index (χ1v) is 9.68. The Balaban J connectivity index is 2.23. The van der Waals surface area contributed by atoms with Crippen molar-refractivity contribution >= 4 is 16.8 Å². The third kappa shape index (κ3) is 4.17. The lowest BCUT2D eigenvalue weighted by atomic mass is 10.0. The second kappa shape index (κ2) is 8.92. The smallest absolute Gasteiger partial charge is 0.243 e. The van der Waals surface area contributed by atoms with Crippen molar-refractivity contribution in [2.45, 2.75) is 26.3 Å². The number of carbonyl (C=O) groups excluding carboxylic acids is 1. The Morgan fingerprint density at radius 3 is 2.55 bits per heavy atom. The number of fused-ring (bicyclic) bond motifs is 1. The SMILES string of the molecule is CCC(C(=O)NCCO)n1cc(-c2ccc(OC)cc2)c(=O)c2ccc(C)cc21. The molecule has 0 radical (unpaired) electrons. The molecule has 152 valence electrons. The van der Waals surface area contributed by atoms with Gasteiger partial charge in [-0.1, -0.05) is 25.1 Å². The van der Waals surface area contributed by atoms with E-state index in [1.165, 1.54) is 0 Å². The number of methoxy groups -OCH3 is 1. The molecule has 1 unspecified atom stereocenters. The fraction of sp³-hybridized carbons (Fsp3) is 0.304. The molecule has 2 N–H and O–H groups in total. The van der Waals surface area contributed by atoms with E-state index in [-0.39, 0.29) is 24.5 Å². The van der Waals surface area contributed by atoms with Crippen LogP contribution in [0.1, 0.15) is 24.9 Å². The standard InChI is InChI=1S/C23H26N2O4/c1-4-20(23(28)24-11-12-26)25-14-19(16-6-8-17(29-3)9-7-16)22(27)18-10-5-15(2)13-21(18)25/h5-10,13-14,20,26H,4,11-12H2,1-3H3,(H,24,28). The van der Waals surface area contributed by atoms with E-state index in [1.807, 2.05) is 60.9 Å². The summed E-state index contributed by atoms with van der Waals surface area (Å²) < 4.78 is 7.08. The molecule has 0 saturated heterocycles. The van der Waals surface area contributed by atoms with Crippen LogP contribution in [-0.4, -0.2) is 35.8 Å². The number of amides is 1. The van der Waals surface area contributed by atoms with Crippen LogP contribution in [0.5, 0.6) is 5.75 Å². The quantitative estimate of drug-likeness (QED) is 0.645. The average Bonchev–Trinajstić information content (AvgIpc) is 2.74. The van der Waals surface area contributed by atoms with Gasteiger partial charge < -0.3 is 19.7 Å². The average molecular weight is 394 g/mol. The molecular weight excluding hydrogens is 368 g/mol. The molecule has 1 heterocycles. The van der Waals surface area contributed by atoms with Gasteiger partial charge in [-0.15, -0.1) is 0 Å². The number of aromatic nitrogens is 1. The molecule has 6 nitrogen and oxygen atoms in total. The number of ether oxygens (including phenoxy) is 1. The molecule has 0 saturated carbocycles. The number of aliphatic hydroxyl groups excluding tert-OH is 1. The first kappa shape index (κ1) is 20.6. The third-order valence-corrected chi connectivity index (χ3v) is 5.03. The summed E-state index contributed by atoms with van der Waals surface area (Å²) in [6, 6.07) is 12.4. The molecule has 29 heavy (non-hydrogen) atoms. The number of aliphatic hydroxyl groups is 1. The third-order valence-electron chi connectivity index (χ3n) is 5.03. The summed E-state index contributed by atoms with van der Waals surface area (Å²) in [4.78, 5) is 26.0. The molecule has 2 aromatic carbocycles. The van der Waals surface area contributed by atoms with E-state index in [2.05, 4.69) is 5.32 Å². The molecule has 3 rings (SSSR count). The van der Waals surface area contributed by atoms with Crippen LogP contribution in [0.2, 0.25) is 0 Å². The first-order chi connectivity index (χ1) is 14.0. The number of nitrogens with zero attached hydrogens (tertiary/aromatic N) is 1. The lowest BCUT2D eigenvalue weighted by molar-refractivity contribution is -0.124. The first-order valence-electron chi connectivity index (χ1n) is 9.68. The number of aryl methyl sites for hydroxylation is 1. The predicted octanol–water partition coefficient (Wildman–Crippen LogP) is 3.05. The van der Waals surface area contributed by atoms with E-state index in [1.54, 1.807) is 13.3 Å². The minimum absolute atomic E-state index is 0.0768. The van der Waals surface area contributed by atoms with Crippen LogP contribution in [0.25, 0.3) is 22.0 Å². The van der Waals surface area contributed by atoms with Crippen molar-refractivity contribution in [3.05, 3.63) is 64.4 Å². The Labute approximate surface area is 169 Å². The molecular formula is C23H26N2O4. The summed E-state index contributed by atoms with van der Waals surface area (Å²) in [7, 11) is 1.59. The largest absolute Gasteiger partial charge is 0.497 e. The van der Waals surface area contributed by atoms with Crippen LogP contribution in [-0.2, 0) is 4.79 Å². The van der Waals surface area contributed by atoms with Gasteiger partial charge in [-0.05, 0) is 48.7 Å². The van der Waals surface area contributed by atoms with Gasteiger partial charge in [0.2, 0.25) is 5.91 Å². The molecule has 1 atom stereocenters. The van der Waals surface area contributed by atoms with Crippen LogP contribution >= 0.6 is 0 Å². The van der Waals surface area contributed by atoms with Gasteiger partial charge in [0.05, 0.1) is 19.2 Å². The summed E-state index contributed by atoms with van der Waals surface area (Å²) in [5.74, 6) is 0.522. The maximum absolute atomic E-state index is 13.2. The maximum Gasteiger partial charge on any atom is 0.243 e. The highest BCUT2D eigenvalue weighted by molar-refractivity contribution is 5.88. The number of carbonyl (C=O) groups is 1. The van der Waals surface area contributed by atoms with Gasteiger partial charge >= 0.3 is 0 Å². The van der Waals surface area contributed by atoms with E-state index in [0.29, 0.717) is 23.1 Å². The van der Waals surface area contributed by atoms with Gasteiger partial charge in [-0.3, -0.25) is 9.59 Å². The van der Waals surface area contributed by atoms with Gasteiger partial charge in [0, 0.05) is 23.7 Å². The van der Waals surface area contributed by atoms with Gasteiger partial charge in [0.15, 0.2) is 5.43 Å². The topological polar surface area (TPSA) is 80.6 Å². The van der Waals surface area contributed by atoms with E-state index in [0.717, 1.165) is 16.6 Å². The van der Waals surface area contributed by atoms with Crippen LogP contribution in [0.15, 0.2) is 53.5 Å². The molecule has 0 aliphatic heterocycles. The molecule has 6 heteroatoms. The van der Waals surface area contributed by atoms with Crippen LogP contribution in [0.4, 0.5) is 0 Å². The second-order valence-corrected chi connectivity index (χ2v) is 6.97. The molecule has 0 aliphatic carbocycles. The fourth-order valence-corrected chi connectivity index (χ4v) is 3.50. The van der Waals surface area contributed by atoms with Gasteiger partial charge in [0.25, 0.3) is 0 Å². The van der Waals surface area contributed by atoms with E-state index >= 15 is 0 Å². The zero-order valence-electron chi connectivity index (χ0n) is 16.9. The van der Waals surface area contributed by atoms with E-state index < -0.39 is 6.04 Å². The van der Waals surface area contributed by atoms with Gasteiger partial charge in [-0.2, -0.15) is 0 Å². The molecule has 1 amide bonds.